The highest BCUT2D eigenvalue weighted by Gasteiger charge is 2.06. The van der Waals surface area contributed by atoms with Gasteiger partial charge in [-0.05, 0) is 17.7 Å². The Balaban J connectivity index is 2.90. The molecule has 0 heterocycles. The van der Waals surface area contributed by atoms with Crippen molar-refractivity contribution in [2.24, 2.45) is 0 Å². The predicted molar refractivity (Wildman–Crippen MR) is 48.3 cm³/mol. The molecule has 0 saturated heterocycles. The van der Waals surface area contributed by atoms with Crippen molar-refractivity contribution >= 4 is 5.97 Å². The zero-order valence-electron chi connectivity index (χ0n) is 7.60. The van der Waals surface area contributed by atoms with E-state index in [9.17, 15) is 9.90 Å². The van der Waals surface area contributed by atoms with E-state index in [4.69, 9.17) is 10.00 Å². The third-order valence-corrected chi connectivity index (χ3v) is 1.56. The lowest BCUT2D eigenvalue weighted by Crippen LogP contribution is -2.02. The second-order valence-corrected chi connectivity index (χ2v) is 2.70. The third kappa shape index (κ3) is 2.57. The van der Waals surface area contributed by atoms with Gasteiger partial charge in [0.2, 0.25) is 0 Å². The summed E-state index contributed by atoms with van der Waals surface area (Å²) in [6.45, 7) is 1.29. The zero-order valence-corrected chi connectivity index (χ0v) is 7.60. The van der Waals surface area contributed by atoms with E-state index >= 15 is 0 Å². The average Bonchev–Trinajstić information content (AvgIpc) is 2.16. The van der Waals surface area contributed by atoms with Crippen LogP contribution >= 0.6 is 0 Å². The average molecular weight is 191 g/mol. The lowest BCUT2D eigenvalue weighted by Gasteiger charge is -2.04. The van der Waals surface area contributed by atoms with Crippen LogP contribution in [-0.4, -0.2) is 11.1 Å². The molecule has 0 fully saturated rings. The van der Waals surface area contributed by atoms with E-state index in [0.29, 0.717) is 11.3 Å². The molecular formula is C10H9NO3. The number of nitriles is 1. The van der Waals surface area contributed by atoms with Crippen LogP contribution in [0.5, 0.6) is 5.75 Å². The minimum absolute atomic E-state index is 0.323. The van der Waals surface area contributed by atoms with Crippen molar-refractivity contribution in [3.63, 3.8) is 0 Å². The summed E-state index contributed by atoms with van der Waals surface area (Å²) < 4.78 is 4.79. The maximum Gasteiger partial charge on any atom is 0.308 e. The first-order valence-corrected chi connectivity index (χ1v) is 3.99. The Morgan fingerprint density at radius 3 is 2.93 bits per heavy atom. The Labute approximate surface area is 81.4 Å². The lowest BCUT2D eigenvalue weighted by molar-refractivity contribution is -0.131. The molecule has 14 heavy (non-hydrogen) atoms. The van der Waals surface area contributed by atoms with Crippen molar-refractivity contribution in [2.45, 2.75) is 13.0 Å². The molecule has 4 heteroatoms. The summed E-state index contributed by atoms with van der Waals surface area (Å²) in [6.07, 6.45) is -1.19. The molecule has 72 valence electrons. The minimum atomic E-state index is -1.19. The van der Waals surface area contributed by atoms with Gasteiger partial charge in [-0.25, -0.2) is 0 Å². The fourth-order valence-corrected chi connectivity index (χ4v) is 0.989. The number of aliphatic hydroxyl groups is 1. The summed E-state index contributed by atoms with van der Waals surface area (Å²) >= 11 is 0. The predicted octanol–water partition coefficient (Wildman–Crippen LogP) is 1.17. The van der Waals surface area contributed by atoms with E-state index in [0.717, 1.165) is 0 Å². The molecule has 1 rings (SSSR count). The van der Waals surface area contributed by atoms with Crippen LogP contribution in [0.1, 0.15) is 18.6 Å². The summed E-state index contributed by atoms with van der Waals surface area (Å²) in [4.78, 5) is 10.6. The van der Waals surface area contributed by atoms with Crippen LogP contribution in [0, 0.1) is 11.3 Å². The number of ether oxygens (including phenoxy) is 1. The highest BCUT2D eigenvalue weighted by atomic mass is 16.5. The van der Waals surface area contributed by atoms with E-state index in [1.54, 1.807) is 24.3 Å². The molecular weight excluding hydrogens is 182 g/mol. The van der Waals surface area contributed by atoms with Crippen LogP contribution in [-0.2, 0) is 4.79 Å². The second kappa shape index (κ2) is 4.40. The monoisotopic (exact) mass is 191 g/mol. The van der Waals surface area contributed by atoms with E-state index in [1.165, 1.54) is 13.0 Å². The molecule has 0 aliphatic rings. The van der Waals surface area contributed by atoms with E-state index < -0.39 is 12.1 Å². The molecule has 1 unspecified atom stereocenters. The van der Waals surface area contributed by atoms with Crippen molar-refractivity contribution < 1.29 is 14.6 Å². The van der Waals surface area contributed by atoms with E-state index in [-0.39, 0.29) is 0 Å². The fraction of sp³-hybridized carbons (Fsp3) is 0.200. The topological polar surface area (TPSA) is 70.3 Å². The largest absolute Gasteiger partial charge is 0.427 e. The number of carbonyl (C=O) groups excluding carboxylic acids is 1. The number of rotatable bonds is 2. The Bertz CT molecular complexity index is 381. The van der Waals surface area contributed by atoms with Crippen molar-refractivity contribution in [1.29, 1.82) is 5.26 Å². The quantitative estimate of drug-likeness (QED) is 0.432. The molecule has 0 aliphatic carbocycles. The molecule has 0 aliphatic heterocycles. The molecule has 0 amide bonds. The van der Waals surface area contributed by atoms with Crippen LogP contribution in [0.15, 0.2) is 24.3 Å². The number of benzene rings is 1. The lowest BCUT2D eigenvalue weighted by atomic mass is 10.1. The van der Waals surface area contributed by atoms with Gasteiger partial charge in [0.25, 0.3) is 0 Å². The van der Waals surface area contributed by atoms with Crippen LogP contribution in [0.25, 0.3) is 0 Å². The Morgan fingerprint density at radius 2 is 2.36 bits per heavy atom. The maximum atomic E-state index is 10.6. The van der Waals surface area contributed by atoms with Crippen LogP contribution < -0.4 is 4.74 Å². The summed E-state index contributed by atoms with van der Waals surface area (Å²) in [5.41, 5.74) is 0.409. The minimum Gasteiger partial charge on any atom is -0.427 e. The normalized spacial score (nSPS) is 11.5. The van der Waals surface area contributed by atoms with E-state index in [1.807, 2.05) is 0 Å². The van der Waals surface area contributed by atoms with Gasteiger partial charge >= 0.3 is 5.97 Å². The Kier molecular flexibility index (Phi) is 3.21. The first-order valence-electron chi connectivity index (χ1n) is 3.99. The first kappa shape index (κ1) is 10.2. The number of carbonyl (C=O) groups is 1. The van der Waals surface area contributed by atoms with Gasteiger partial charge in [-0.3, -0.25) is 4.79 Å². The van der Waals surface area contributed by atoms with Gasteiger partial charge in [-0.1, -0.05) is 12.1 Å². The van der Waals surface area contributed by atoms with Crippen LogP contribution in [0.3, 0.4) is 0 Å². The van der Waals surface area contributed by atoms with Gasteiger partial charge in [0.15, 0.2) is 6.10 Å². The summed E-state index contributed by atoms with van der Waals surface area (Å²) in [5.74, 6) is -0.113. The molecule has 1 aromatic carbocycles. The Morgan fingerprint density at radius 1 is 1.64 bits per heavy atom. The van der Waals surface area contributed by atoms with E-state index in [2.05, 4.69) is 0 Å². The van der Waals surface area contributed by atoms with Crippen molar-refractivity contribution in [2.75, 3.05) is 0 Å². The number of hydrogen-bond donors (Lipinski definition) is 1. The number of esters is 1. The first-order chi connectivity index (χ1) is 6.63. The van der Waals surface area contributed by atoms with Gasteiger partial charge in [0, 0.05) is 6.92 Å². The van der Waals surface area contributed by atoms with Crippen molar-refractivity contribution in [1.82, 2.24) is 0 Å². The zero-order chi connectivity index (χ0) is 10.6. The Hall–Kier alpha value is -1.86. The standard InChI is InChI=1S/C10H9NO3/c1-7(12)14-9-4-2-3-8(5-9)10(13)6-11/h2-5,10,13H,1H3. The van der Waals surface area contributed by atoms with Gasteiger partial charge in [-0.15, -0.1) is 0 Å². The van der Waals surface area contributed by atoms with Gasteiger partial charge in [0.05, 0.1) is 6.07 Å². The van der Waals surface area contributed by atoms with Crippen molar-refractivity contribution in [3.8, 4) is 11.8 Å². The third-order valence-electron chi connectivity index (χ3n) is 1.56. The highest BCUT2D eigenvalue weighted by molar-refractivity contribution is 5.69. The number of nitrogens with zero attached hydrogens (tertiary/aromatic N) is 1. The molecule has 0 aromatic heterocycles. The van der Waals surface area contributed by atoms with Crippen molar-refractivity contribution in [3.05, 3.63) is 29.8 Å². The van der Waals surface area contributed by atoms with Gasteiger partial charge in [0.1, 0.15) is 5.75 Å². The molecule has 0 spiro atoms. The summed E-state index contributed by atoms with van der Waals surface area (Å²) in [5, 5.41) is 17.6. The number of aliphatic hydroxyl groups excluding tert-OH is 1. The molecule has 4 nitrogen and oxygen atoms in total. The van der Waals surface area contributed by atoms with Crippen LogP contribution in [0.2, 0.25) is 0 Å². The molecule has 0 saturated carbocycles. The SMILES string of the molecule is CC(=O)Oc1cccc(C(O)C#N)c1. The molecule has 0 radical (unpaired) electrons. The molecule has 0 bridgehead atoms. The molecule has 1 aromatic rings. The van der Waals surface area contributed by atoms with Crippen LogP contribution in [0.4, 0.5) is 0 Å². The van der Waals surface area contributed by atoms with Gasteiger partial charge in [-0.2, -0.15) is 5.26 Å². The fourth-order valence-electron chi connectivity index (χ4n) is 0.989. The molecule has 1 atom stereocenters. The maximum absolute atomic E-state index is 10.6. The summed E-state index contributed by atoms with van der Waals surface area (Å²) in [7, 11) is 0. The number of hydrogen-bond acceptors (Lipinski definition) is 4. The smallest absolute Gasteiger partial charge is 0.308 e. The van der Waals surface area contributed by atoms with Gasteiger partial charge < -0.3 is 9.84 Å². The summed E-state index contributed by atoms with van der Waals surface area (Å²) in [6, 6.07) is 7.90. The molecule has 1 N–H and O–H groups in total. The second-order valence-electron chi connectivity index (χ2n) is 2.70. The highest BCUT2D eigenvalue weighted by Crippen LogP contribution is 2.18.